The van der Waals surface area contributed by atoms with Crippen LogP contribution in [-0.2, 0) is 26.8 Å². The van der Waals surface area contributed by atoms with Crippen molar-refractivity contribution in [1.29, 1.82) is 0 Å². The van der Waals surface area contributed by atoms with E-state index >= 15 is 0 Å². The van der Waals surface area contributed by atoms with E-state index in [0.717, 1.165) is 10.8 Å². The number of carbonyl (C=O) groups excluding carboxylic acids is 1. The average Bonchev–Trinajstić information content (AvgIpc) is 2.62. The van der Waals surface area contributed by atoms with Crippen molar-refractivity contribution < 1.29 is 18.4 Å². The minimum absolute atomic E-state index is 0.0359. The number of rotatable bonds is 5. The smallest absolute Gasteiger partial charge is 0.247 e. The van der Waals surface area contributed by atoms with Gasteiger partial charge in [0.2, 0.25) is 5.91 Å². The fraction of sp³-hybridized carbons (Fsp3) is 0.105. The molecule has 2 N–H and O–H groups in total. The van der Waals surface area contributed by atoms with Gasteiger partial charge in [0.15, 0.2) is 9.84 Å². The van der Waals surface area contributed by atoms with Crippen LogP contribution in [0, 0.1) is 0 Å². The molecule has 0 fully saturated rings. The molecule has 0 saturated heterocycles. The molecule has 0 unspecified atom stereocenters. The van der Waals surface area contributed by atoms with E-state index in [2.05, 4.69) is 0 Å². The third-order valence-corrected chi connectivity index (χ3v) is 5.63. The van der Waals surface area contributed by atoms with Crippen LogP contribution in [0.2, 0.25) is 0 Å². The van der Waals surface area contributed by atoms with Gasteiger partial charge in [-0.25, -0.2) is 13.9 Å². The molecule has 0 atom stereocenters. The fourth-order valence-electron chi connectivity index (χ4n) is 2.64. The minimum Gasteiger partial charge on any atom is -0.289 e. The number of amides is 1. The number of carbonyl (C=O) groups is 1. The highest BCUT2D eigenvalue weighted by atomic mass is 32.2. The van der Waals surface area contributed by atoms with Crippen LogP contribution >= 0.6 is 0 Å². The summed E-state index contributed by atoms with van der Waals surface area (Å²) in [5, 5.41) is 10.4. The Hall–Kier alpha value is -2.70. The van der Waals surface area contributed by atoms with Crippen molar-refractivity contribution in [1.82, 2.24) is 5.48 Å². The van der Waals surface area contributed by atoms with E-state index in [1.165, 1.54) is 0 Å². The lowest BCUT2D eigenvalue weighted by molar-refractivity contribution is -0.128. The third kappa shape index (κ3) is 4.04. The number of benzene rings is 3. The Kier molecular flexibility index (Phi) is 4.83. The Bertz CT molecular complexity index is 1010. The van der Waals surface area contributed by atoms with Crippen molar-refractivity contribution in [2.45, 2.75) is 17.1 Å². The first-order valence-corrected chi connectivity index (χ1v) is 9.35. The molecule has 0 aliphatic heterocycles. The number of hydrogen-bond acceptors (Lipinski definition) is 4. The molecule has 0 aromatic heterocycles. The normalized spacial score (nSPS) is 11.4. The number of hydrogen-bond donors (Lipinski definition) is 2. The first kappa shape index (κ1) is 17.1. The van der Waals surface area contributed by atoms with Crippen LogP contribution in [0.1, 0.15) is 11.1 Å². The maximum Gasteiger partial charge on any atom is 0.247 e. The zero-order chi connectivity index (χ0) is 17.9. The van der Waals surface area contributed by atoms with Crippen molar-refractivity contribution in [2.24, 2.45) is 0 Å². The predicted octanol–water partition coefficient (Wildman–Crippen LogP) is 2.86. The maximum atomic E-state index is 12.7. The second kappa shape index (κ2) is 7.04. The van der Waals surface area contributed by atoms with E-state index in [1.807, 2.05) is 24.3 Å². The van der Waals surface area contributed by atoms with Crippen LogP contribution in [-0.4, -0.2) is 19.5 Å². The van der Waals surface area contributed by atoms with E-state index in [4.69, 9.17) is 5.21 Å². The molecule has 3 aromatic rings. The molecular weight excluding hydrogens is 338 g/mol. The van der Waals surface area contributed by atoms with Gasteiger partial charge in [-0.1, -0.05) is 54.6 Å². The lowest BCUT2D eigenvalue weighted by Gasteiger charge is -2.07. The summed E-state index contributed by atoms with van der Waals surface area (Å²) in [4.78, 5) is 11.4. The molecule has 5 nitrogen and oxygen atoms in total. The summed E-state index contributed by atoms with van der Waals surface area (Å²) in [7, 11) is -3.46. The van der Waals surface area contributed by atoms with Gasteiger partial charge in [0, 0.05) is 0 Å². The second-order valence-electron chi connectivity index (χ2n) is 5.80. The van der Waals surface area contributed by atoms with Gasteiger partial charge in [-0.2, -0.15) is 0 Å². The standard InChI is InChI=1S/C19H17NO4S/c21-19(20-22)11-14-5-7-15(8-6-14)13-25(23,24)18-10-9-16-3-1-2-4-17(16)12-18/h1-10,12,22H,11,13H2,(H,20,21). The summed E-state index contributed by atoms with van der Waals surface area (Å²) in [6.45, 7) is 0. The molecule has 0 spiro atoms. The van der Waals surface area contributed by atoms with Gasteiger partial charge in [0.05, 0.1) is 17.1 Å². The molecule has 0 heterocycles. The number of fused-ring (bicyclic) bond motifs is 1. The molecular formula is C19H17NO4S. The van der Waals surface area contributed by atoms with Crippen molar-refractivity contribution in [2.75, 3.05) is 0 Å². The molecule has 0 radical (unpaired) electrons. The largest absolute Gasteiger partial charge is 0.289 e. The van der Waals surface area contributed by atoms with Gasteiger partial charge in [-0.05, 0) is 34.0 Å². The van der Waals surface area contributed by atoms with Gasteiger partial charge < -0.3 is 0 Å². The maximum absolute atomic E-state index is 12.7. The van der Waals surface area contributed by atoms with Gasteiger partial charge in [0.1, 0.15) is 0 Å². The van der Waals surface area contributed by atoms with Crippen LogP contribution in [0.5, 0.6) is 0 Å². The average molecular weight is 355 g/mol. The minimum atomic E-state index is -3.46. The molecule has 25 heavy (non-hydrogen) atoms. The van der Waals surface area contributed by atoms with Crippen LogP contribution in [0.3, 0.4) is 0 Å². The highest BCUT2D eigenvalue weighted by Gasteiger charge is 2.16. The van der Waals surface area contributed by atoms with E-state index in [0.29, 0.717) is 11.1 Å². The monoisotopic (exact) mass is 355 g/mol. The topological polar surface area (TPSA) is 83.5 Å². The Morgan fingerprint density at radius 1 is 0.880 bits per heavy atom. The summed E-state index contributed by atoms with van der Waals surface area (Å²) >= 11 is 0. The van der Waals surface area contributed by atoms with E-state index in [-0.39, 0.29) is 17.1 Å². The molecule has 6 heteroatoms. The molecule has 1 amide bonds. The van der Waals surface area contributed by atoms with Crippen LogP contribution < -0.4 is 5.48 Å². The third-order valence-electron chi connectivity index (χ3n) is 3.95. The zero-order valence-electron chi connectivity index (χ0n) is 13.3. The Balaban J connectivity index is 1.81. The first-order valence-electron chi connectivity index (χ1n) is 7.70. The second-order valence-corrected chi connectivity index (χ2v) is 7.79. The van der Waals surface area contributed by atoms with Gasteiger partial charge in [0.25, 0.3) is 0 Å². The lowest BCUT2D eigenvalue weighted by atomic mass is 10.1. The highest BCUT2D eigenvalue weighted by Crippen LogP contribution is 2.22. The Morgan fingerprint density at radius 2 is 1.52 bits per heavy atom. The fourth-order valence-corrected chi connectivity index (χ4v) is 4.02. The van der Waals surface area contributed by atoms with Crippen LogP contribution in [0.15, 0.2) is 71.6 Å². The van der Waals surface area contributed by atoms with Crippen molar-refractivity contribution in [3.8, 4) is 0 Å². The van der Waals surface area contributed by atoms with Crippen molar-refractivity contribution in [3.63, 3.8) is 0 Å². The number of nitrogens with one attached hydrogen (secondary N) is 1. The summed E-state index contributed by atoms with van der Waals surface area (Å²) in [6.07, 6.45) is 0.0359. The SMILES string of the molecule is O=C(Cc1ccc(CS(=O)(=O)c2ccc3ccccc3c2)cc1)NO. The molecule has 3 rings (SSSR count). The predicted molar refractivity (Wildman–Crippen MR) is 94.9 cm³/mol. The molecule has 0 saturated carbocycles. The summed E-state index contributed by atoms with van der Waals surface area (Å²) in [6, 6.07) is 19.4. The van der Waals surface area contributed by atoms with E-state index in [9.17, 15) is 13.2 Å². The number of sulfone groups is 1. The molecule has 0 aliphatic rings. The summed E-state index contributed by atoms with van der Waals surface area (Å²) in [5.74, 6) is -0.630. The Labute approximate surface area is 145 Å². The van der Waals surface area contributed by atoms with Gasteiger partial charge in [-0.15, -0.1) is 0 Å². The molecule has 0 bridgehead atoms. The van der Waals surface area contributed by atoms with Gasteiger partial charge >= 0.3 is 0 Å². The van der Waals surface area contributed by atoms with Crippen molar-refractivity contribution >= 4 is 26.5 Å². The van der Waals surface area contributed by atoms with Gasteiger partial charge in [-0.3, -0.25) is 10.0 Å². The zero-order valence-corrected chi connectivity index (χ0v) is 14.2. The summed E-state index contributed by atoms with van der Waals surface area (Å²) in [5.41, 5.74) is 2.90. The summed E-state index contributed by atoms with van der Waals surface area (Å²) < 4.78 is 25.3. The first-order chi connectivity index (χ1) is 12.0. The lowest BCUT2D eigenvalue weighted by Crippen LogP contribution is -2.20. The molecule has 3 aromatic carbocycles. The van der Waals surface area contributed by atoms with Crippen LogP contribution in [0.25, 0.3) is 10.8 Å². The Morgan fingerprint density at radius 3 is 2.20 bits per heavy atom. The van der Waals surface area contributed by atoms with E-state index in [1.54, 1.807) is 47.9 Å². The quantitative estimate of drug-likeness (QED) is 0.544. The number of hydroxylamine groups is 1. The molecule has 128 valence electrons. The molecule has 0 aliphatic carbocycles. The highest BCUT2D eigenvalue weighted by molar-refractivity contribution is 7.90. The van der Waals surface area contributed by atoms with Crippen LogP contribution in [0.4, 0.5) is 0 Å². The van der Waals surface area contributed by atoms with Crippen molar-refractivity contribution in [3.05, 3.63) is 77.9 Å². The van der Waals surface area contributed by atoms with E-state index < -0.39 is 15.7 Å².